The Kier molecular flexibility index (Phi) is 5.17. The molecular formula is C23H20ClFN2O4. The number of nitro benzene ring substituents is 1. The van der Waals surface area contributed by atoms with E-state index in [1.165, 1.54) is 29.2 Å². The van der Waals surface area contributed by atoms with Gasteiger partial charge < -0.3 is 0 Å². The van der Waals surface area contributed by atoms with Crippen molar-refractivity contribution < 1.29 is 18.9 Å². The Morgan fingerprint density at radius 1 is 1.16 bits per heavy atom. The number of allylic oxidation sites excluding steroid dienone is 2. The van der Waals surface area contributed by atoms with Crippen LogP contribution in [0.5, 0.6) is 0 Å². The maximum atomic E-state index is 14.6. The topological polar surface area (TPSA) is 80.5 Å². The minimum atomic E-state index is -0.707. The molecule has 2 aromatic rings. The molecule has 6 nitrogen and oxygen atoms in total. The van der Waals surface area contributed by atoms with Gasteiger partial charge in [-0.05, 0) is 29.5 Å². The van der Waals surface area contributed by atoms with Crippen LogP contribution in [0.15, 0.2) is 53.7 Å². The Bertz CT molecular complexity index is 1160. The van der Waals surface area contributed by atoms with E-state index in [-0.39, 0.29) is 40.9 Å². The molecule has 0 saturated heterocycles. The third-order valence-electron chi connectivity index (χ3n) is 5.81. The van der Waals surface area contributed by atoms with Gasteiger partial charge in [0.1, 0.15) is 5.82 Å². The Morgan fingerprint density at radius 2 is 1.87 bits per heavy atom. The van der Waals surface area contributed by atoms with E-state index < -0.39 is 22.1 Å². The zero-order valence-electron chi connectivity index (χ0n) is 17.0. The lowest BCUT2D eigenvalue weighted by Gasteiger charge is -2.43. The van der Waals surface area contributed by atoms with Crippen LogP contribution in [0.2, 0.25) is 5.02 Å². The molecule has 4 rings (SSSR count). The molecule has 2 aromatic carbocycles. The minimum absolute atomic E-state index is 0.134. The first-order valence-corrected chi connectivity index (χ1v) is 10.2. The van der Waals surface area contributed by atoms with E-state index in [1.54, 1.807) is 18.2 Å². The first-order chi connectivity index (χ1) is 14.6. The highest BCUT2D eigenvalue weighted by atomic mass is 35.5. The number of benzene rings is 2. The zero-order valence-corrected chi connectivity index (χ0v) is 17.8. The Labute approximate surface area is 183 Å². The van der Waals surface area contributed by atoms with Gasteiger partial charge in [0.25, 0.3) is 5.69 Å². The molecular weight excluding hydrogens is 423 g/mol. The molecule has 0 N–H and O–H groups in total. The smallest absolute Gasteiger partial charge is 0.271 e. The number of nitro groups is 1. The quantitative estimate of drug-likeness (QED) is 0.461. The molecule has 0 spiro atoms. The lowest BCUT2D eigenvalue weighted by molar-refractivity contribution is -0.384. The van der Waals surface area contributed by atoms with Crippen molar-refractivity contribution in [1.29, 1.82) is 0 Å². The molecule has 0 aromatic heterocycles. The molecule has 1 aliphatic heterocycles. The third kappa shape index (κ3) is 3.74. The fourth-order valence-corrected chi connectivity index (χ4v) is 4.71. The number of non-ortho nitro benzene ring substituents is 1. The summed E-state index contributed by atoms with van der Waals surface area (Å²) < 4.78 is 14.6. The maximum Gasteiger partial charge on any atom is 0.271 e. The summed E-state index contributed by atoms with van der Waals surface area (Å²) >= 11 is 6.33. The van der Waals surface area contributed by atoms with Gasteiger partial charge in [-0.15, -0.1) is 0 Å². The van der Waals surface area contributed by atoms with Crippen molar-refractivity contribution >= 4 is 34.7 Å². The molecule has 1 unspecified atom stereocenters. The molecule has 0 bridgehead atoms. The first kappa shape index (κ1) is 21.2. The highest BCUT2D eigenvalue weighted by molar-refractivity contribution is 6.34. The number of amides is 1. The van der Waals surface area contributed by atoms with Gasteiger partial charge in [0, 0.05) is 42.2 Å². The van der Waals surface area contributed by atoms with E-state index in [9.17, 15) is 24.1 Å². The number of nitrogens with zero attached hydrogens (tertiary/aromatic N) is 2. The van der Waals surface area contributed by atoms with Crippen molar-refractivity contribution in [3.63, 3.8) is 0 Å². The minimum Gasteiger partial charge on any atom is -0.294 e. The van der Waals surface area contributed by atoms with E-state index in [0.717, 1.165) is 0 Å². The van der Waals surface area contributed by atoms with Crippen LogP contribution >= 0.6 is 11.6 Å². The van der Waals surface area contributed by atoms with Crippen LogP contribution in [0.4, 0.5) is 15.8 Å². The highest BCUT2D eigenvalue weighted by Gasteiger charge is 2.45. The summed E-state index contributed by atoms with van der Waals surface area (Å²) in [4.78, 5) is 38.6. The van der Waals surface area contributed by atoms with Gasteiger partial charge in [0.05, 0.1) is 15.6 Å². The summed E-state index contributed by atoms with van der Waals surface area (Å²) in [5.41, 5.74) is 0.623. The monoisotopic (exact) mass is 442 g/mol. The number of hydrogen-bond acceptors (Lipinski definition) is 4. The number of carbonyl (C=O) groups is 2. The number of ketones is 1. The lowest BCUT2D eigenvalue weighted by atomic mass is 9.69. The van der Waals surface area contributed by atoms with Gasteiger partial charge in [-0.1, -0.05) is 43.6 Å². The number of halogens is 2. The normalized spacial score (nSPS) is 20.6. The summed E-state index contributed by atoms with van der Waals surface area (Å²) in [6, 6.07) is 9.97. The molecule has 1 atom stereocenters. The summed E-state index contributed by atoms with van der Waals surface area (Å²) in [6.45, 7) is 3.83. The van der Waals surface area contributed by atoms with Crippen molar-refractivity contribution in [3.05, 3.63) is 80.3 Å². The molecule has 0 fully saturated rings. The number of rotatable bonds is 3. The van der Waals surface area contributed by atoms with E-state index in [4.69, 9.17) is 11.6 Å². The summed E-state index contributed by atoms with van der Waals surface area (Å²) in [7, 11) is 0. The van der Waals surface area contributed by atoms with Crippen LogP contribution in [-0.2, 0) is 9.59 Å². The second-order valence-corrected chi connectivity index (χ2v) is 9.11. The molecule has 0 radical (unpaired) electrons. The second-order valence-electron chi connectivity index (χ2n) is 8.70. The fraction of sp³-hybridized carbons (Fsp3) is 0.304. The molecule has 8 heteroatoms. The molecule has 160 valence electrons. The van der Waals surface area contributed by atoms with Gasteiger partial charge in [0.15, 0.2) is 5.78 Å². The van der Waals surface area contributed by atoms with Crippen molar-refractivity contribution in [3.8, 4) is 0 Å². The Morgan fingerprint density at radius 3 is 2.55 bits per heavy atom. The van der Waals surface area contributed by atoms with Crippen LogP contribution < -0.4 is 4.90 Å². The first-order valence-electron chi connectivity index (χ1n) is 9.86. The van der Waals surface area contributed by atoms with Crippen molar-refractivity contribution in [2.45, 2.75) is 39.0 Å². The third-order valence-corrected chi connectivity index (χ3v) is 6.12. The average Bonchev–Trinajstić information content (AvgIpc) is 2.67. The molecule has 1 heterocycles. The van der Waals surface area contributed by atoms with Gasteiger partial charge >= 0.3 is 0 Å². The van der Waals surface area contributed by atoms with Gasteiger partial charge in [-0.25, -0.2) is 4.39 Å². The SMILES string of the molecule is CC1(C)CC(=O)C2=C(C1)N(c1cc([N+](=O)[O-])ccc1Cl)C(=O)CC2c1ccccc1F. The second kappa shape index (κ2) is 7.57. The van der Waals surface area contributed by atoms with E-state index >= 15 is 0 Å². The molecule has 31 heavy (non-hydrogen) atoms. The summed E-state index contributed by atoms with van der Waals surface area (Å²) in [5.74, 6) is -1.73. The van der Waals surface area contributed by atoms with E-state index in [1.807, 2.05) is 13.8 Å². The number of carbonyl (C=O) groups excluding carboxylic acids is 2. The maximum absolute atomic E-state index is 14.6. The summed E-state index contributed by atoms with van der Waals surface area (Å²) in [6.07, 6.45) is 0.510. The largest absolute Gasteiger partial charge is 0.294 e. The average molecular weight is 443 g/mol. The highest BCUT2D eigenvalue weighted by Crippen LogP contribution is 2.49. The molecule has 0 saturated carbocycles. The van der Waals surface area contributed by atoms with E-state index in [2.05, 4.69) is 0 Å². The van der Waals surface area contributed by atoms with Crippen molar-refractivity contribution in [2.24, 2.45) is 5.41 Å². The van der Waals surface area contributed by atoms with Gasteiger partial charge in [0.2, 0.25) is 5.91 Å². The van der Waals surface area contributed by atoms with Crippen LogP contribution in [0.1, 0.15) is 44.6 Å². The van der Waals surface area contributed by atoms with Crippen LogP contribution in [0.3, 0.4) is 0 Å². The Balaban J connectivity index is 1.95. The summed E-state index contributed by atoms with van der Waals surface area (Å²) in [5, 5.41) is 11.5. The standard InChI is InChI=1S/C23H20ClFN2O4/c1-23(2)11-19-22(20(28)12-23)15(14-5-3-4-6-17(14)25)10-21(29)26(19)18-9-13(27(30)31)7-8-16(18)24/h3-9,15H,10-12H2,1-2H3. The Hall–Kier alpha value is -3.06. The fourth-order valence-electron chi connectivity index (χ4n) is 4.50. The number of Topliss-reactive ketones (excluding diaryl/α,β-unsaturated/α-hetero) is 1. The number of anilines is 1. The predicted octanol–water partition coefficient (Wildman–Crippen LogP) is 5.55. The van der Waals surface area contributed by atoms with E-state index in [0.29, 0.717) is 23.3 Å². The predicted molar refractivity (Wildman–Crippen MR) is 114 cm³/mol. The zero-order chi connectivity index (χ0) is 22.5. The van der Waals surface area contributed by atoms with Gasteiger partial charge in [-0.3, -0.25) is 24.6 Å². The van der Waals surface area contributed by atoms with Crippen LogP contribution in [0.25, 0.3) is 0 Å². The molecule has 1 amide bonds. The molecule has 2 aliphatic rings. The van der Waals surface area contributed by atoms with Gasteiger partial charge in [-0.2, -0.15) is 0 Å². The van der Waals surface area contributed by atoms with Crippen LogP contribution in [-0.4, -0.2) is 16.6 Å². The van der Waals surface area contributed by atoms with Crippen LogP contribution in [0, 0.1) is 21.3 Å². The van der Waals surface area contributed by atoms with Crippen molar-refractivity contribution in [2.75, 3.05) is 4.90 Å². The lowest BCUT2D eigenvalue weighted by Crippen LogP contribution is -2.44. The molecule has 1 aliphatic carbocycles. The van der Waals surface area contributed by atoms with Crippen molar-refractivity contribution in [1.82, 2.24) is 0 Å². The number of hydrogen-bond donors (Lipinski definition) is 0.